The summed E-state index contributed by atoms with van der Waals surface area (Å²) in [5.41, 5.74) is 0.678. The maximum atomic E-state index is 12.1. The number of aliphatic hydroxyl groups excluding tert-OH is 1. The normalized spacial score (nSPS) is 20.9. The topological polar surface area (TPSA) is 40.5 Å². The number of carbonyl (C=O) groups is 1. The van der Waals surface area contributed by atoms with Gasteiger partial charge in [-0.1, -0.05) is 15.9 Å². The van der Waals surface area contributed by atoms with Crippen LogP contribution in [0.15, 0.2) is 28.7 Å². The van der Waals surface area contributed by atoms with E-state index in [1.54, 1.807) is 17.0 Å². The van der Waals surface area contributed by atoms with Crippen LogP contribution in [0, 0.1) is 0 Å². The summed E-state index contributed by atoms with van der Waals surface area (Å²) in [6, 6.07) is 7.31. The van der Waals surface area contributed by atoms with Gasteiger partial charge >= 0.3 is 0 Å². The highest BCUT2D eigenvalue weighted by atomic mass is 79.9. The zero-order valence-corrected chi connectivity index (χ0v) is 10.5. The summed E-state index contributed by atoms with van der Waals surface area (Å²) in [6.07, 6.45) is 1.31. The molecular weight excluding hydrogens is 270 g/mol. The number of benzene rings is 1. The van der Waals surface area contributed by atoms with Gasteiger partial charge in [-0.05, 0) is 37.1 Å². The van der Waals surface area contributed by atoms with Gasteiger partial charge in [0.05, 0.1) is 6.10 Å². The van der Waals surface area contributed by atoms with Crippen molar-refractivity contribution in [2.45, 2.75) is 18.9 Å². The van der Waals surface area contributed by atoms with Gasteiger partial charge in [-0.3, -0.25) is 4.79 Å². The Labute approximate surface area is 103 Å². The second-order valence-electron chi connectivity index (χ2n) is 4.05. The number of β-amino-alcohol motifs (C(OH)–C–C–N with tert-alkyl or cyclic N) is 1. The molecule has 0 radical (unpaired) electrons. The van der Waals surface area contributed by atoms with Gasteiger partial charge in [0.25, 0.3) is 5.91 Å². The average molecular weight is 284 g/mol. The quantitative estimate of drug-likeness (QED) is 0.857. The number of amides is 1. The summed E-state index contributed by atoms with van der Waals surface area (Å²) in [7, 11) is 0. The number of hydrogen-bond donors (Lipinski definition) is 1. The van der Waals surface area contributed by atoms with E-state index in [1.165, 1.54) is 0 Å². The molecular formula is C12H14BrNO2. The largest absolute Gasteiger partial charge is 0.391 e. The Morgan fingerprint density at radius 3 is 2.69 bits per heavy atom. The molecule has 86 valence electrons. The van der Waals surface area contributed by atoms with Crippen LogP contribution in [0.2, 0.25) is 0 Å². The molecule has 0 unspecified atom stereocenters. The minimum Gasteiger partial charge on any atom is -0.391 e. The minimum absolute atomic E-state index is 0.00579. The van der Waals surface area contributed by atoms with Crippen LogP contribution in [0.5, 0.6) is 0 Å². The molecule has 1 aromatic carbocycles. The van der Waals surface area contributed by atoms with Gasteiger partial charge in [0.15, 0.2) is 0 Å². The first-order valence-corrected chi connectivity index (χ1v) is 6.19. The van der Waals surface area contributed by atoms with Crippen molar-refractivity contribution in [2.75, 3.05) is 13.1 Å². The molecule has 1 atom stereocenters. The Balaban J connectivity index is 2.09. The first-order chi connectivity index (χ1) is 7.66. The van der Waals surface area contributed by atoms with Crippen LogP contribution >= 0.6 is 15.9 Å². The van der Waals surface area contributed by atoms with Gasteiger partial charge in [0.1, 0.15) is 0 Å². The summed E-state index contributed by atoms with van der Waals surface area (Å²) in [6.45, 7) is 1.20. The van der Waals surface area contributed by atoms with E-state index in [0.717, 1.165) is 23.9 Å². The van der Waals surface area contributed by atoms with Gasteiger partial charge in [0.2, 0.25) is 0 Å². The molecule has 1 aliphatic rings. The highest BCUT2D eigenvalue weighted by Gasteiger charge is 2.22. The van der Waals surface area contributed by atoms with Crippen molar-refractivity contribution >= 4 is 21.8 Å². The van der Waals surface area contributed by atoms with E-state index in [1.807, 2.05) is 12.1 Å². The van der Waals surface area contributed by atoms with Crippen LogP contribution in [0.3, 0.4) is 0 Å². The summed E-state index contributed by atoms with van der Waals surface area (Å²) >= 11 is 3.34. The van der Waals surface area contributed by atoms with E-state index in [0.29, 0.717) is 12.1 Å². The summed E-state index contributed by atoms with van der Waals surface area (Å²) in [4.78, 5) is 13.8. The molecule has 0 spiro atoms. The van der Waals surface area contributed by atoms with Crippen LogP contribution in [-0.2, 0) is 0 Å². The first kappa shape index (κ1) is 11.6. The van der Waals surface area contributed by atoms with E-state index in [2.05, 4.69) is 15.9 Å². The fraction of sp³-hybridized carbons (Fsp3) is 0.417. The number of carbonyl (C=O) groups excluding carboxylic acids is 1. The van der Waals surface area contributed by atoms with E-state index in [-0.39, 0.29) is 12.0 Å². The standard InChI is InChI=1S/C12H14BrNO2/c13-10-5-3-9(4-6-10)12(16)14-7-1-2-11(15)8-14/h3-6,11,15H,1-2,7-8H2/t11-/m0/s1. The predicted octanol–water partition coefficient (Wildman–Crippen LogP) is 2.05. The smallest absolute Gasteiger partial charge is 0.253 e. The number of piperidine rings is 1. The first-order valence-electron chi connectivity index (χ1n) is 5.40. The van der Waals surface area contributed by atoms with Crippen LogP contribution in [-0.4, -0.2) is 35.1 Å². The third kappa shape index (κ3) is 2.62. The molecule has 1 amide bonds. The van der Waals surface area contributed by atoms with Gasteiger partial charge in [-0.25, -0.2) is 0 Å². The molecule has 2 rings (SSSR count). The van der Waals surface area contributed by atoms with Crippen molar-refractivity contribution < 1.29 is 9.90 Å². The van der Waals surface area contributed by atoms with Gasteiger partial charge in [-0.15, -0.1) is 0 Å². The fourth-order valence-corrected chi connectivity index (χ4v) is 2.18. The molecule has 3 nitrogen and oxygen atoms in total. The number of halogens is 1. The third-order valence-corrected chi connectivity index (χ3v) is 3.30. The molecule has 1 heterocycles. The van der Waals surface area contributed by atoms with E-state index in [4.69, 9.17) is 0 Å². The SMILES string of the molecule is O=C(c1ccc(Br)cc1)N1CCC[C@H](O)C1. The molecule has 1 saturated heterocycles. The van der Waals surface area contributed by atoms with Crippen molar-refractivity contribution in [2.24, 2.45) is 0 Å². The second kappa shape index (κ2) is 4.97. The maximum absolute atomic E-state index is 12.1. The minimum atomic E-state index is -0.367. The lowest BCUT2D eigenvalue weighted by atomic mass is 10.1. The lowest BCUT2D eigenvalue weighted by molar-refractivity contribution is 0.0474. The van der Waals surface area contributed by atoms with Crippen LogP contribution in [0.1, 0.15) is 23.2 Å². The molecule has 0 aromatic heterocycles. The van der Waals surface area contributed by atoms with Crippen LogP contribution in [0.4, 0.5) is 0 Å². The Hall–Kier alpha value is -0.870. The monoisotopic (exact) mass is 283 g/mol. The van der Waals surface area contributed by atoms with Gasteiger partial charge in [0, 0.05) is 23.1 Å². The van der Waals surface area contributed by atoms with E-state index in [9.17, 15) is 9.90 Å². The average Bonchev–Trinajstić information content (AvgIpc) is 2.29. The number of hydrogen-bond acceptors (Lipinski definition) is 2. The third-order valence-electron chi connectivity index (χ3n) is 2.77. The second-order valence-corrected chi connectivity index (χ2v) is 4.97. The van der Waals surface area contributed by atoms with Crippen molar-refractivity contribution in [3.05, 3.63) is 34.3 Å². The number of rotatable bonds is 1. The zero-order valence-electron chi connectivity index (χ0n) is 8.90. The molecule has 1 aromatic rings. The van der Waals surface area contributed by atoms with Gasteiger partial charge < -0.3 is 10.0 Å². The summed E-state index contributed by atoms with van der Waals surface area (Å²) in [5, 5.41) is 9.52. The number of nitrogens with zero attached hydrogens (tertiary/aromatic N) is 1. The fourth-order valence-electron chi connectivity index (χ4n) is 1.91. The van der Waals surface area contributed by atoms with E-state index < -0.39 is 0 Å². The zero-order chi connectivity index (χ0) is 11.5. The van der Waals surface area contributed by atoms with Crippen LogP contribution in [0.25, 0.3) is 0 Å². The van der Waals surface area contributed by atoms with Crippen molar-refractivity contribution in [1.82, 2.24) is 4.90 Å². The van der Waals surface area contributed by atoms with Crippen LogP contribution < -0.4 is 0 Å². The predicted molar refractivity (Wildman–Crippen MR) is 65.3 cm³/mol. The number of aliphatic hydroxyl groups is 1. The summed E-state index contributed by atoms with van der Waals surface area (Å²) < 4.78 is 0.961. The number of likely N-dealkylation sites (tertiary alicyclic amines) is 1. The Bertz CT molecular complexity index is 377. The maximum Gasteiger partial charge on any atom is 0.253 e. The molecule has 4 heteroatoms. The Kier molecular flexibility index (Phi) is 3.61. The highest BCUT2D eigenvalue weighted by Crippen LogP contribution is 2.16. The lowest BCUT2D eigenvalue weighted by Gasteiger charge is -2.30. The Morgan fingerprint density at radius 2 is 2.06 bits per heavy atom. The molecule has 0 saturated carbocycles. The molecule has 1 fully saturated rings. The Morgan fingerprint density at radius 1 is 1.38 bits per heavy atom. The molecule has 1 aliphatic heterocycles. The molecule has 0 aliphatic carbocycles. The molecule has 0 bridgehead atoms. The van der Waals surface area contributed by atoms with Crippen molar-refractivity contribution in [3.8, 4) is 0 Å². The molecule has 1 N–H and O–H groups in total. The van der Waals surface area contributed by atoms with E-state index >= 15 is 0 Å². The summed E-state index contributed by atoms with van der Waals surface area (Å²) in [5.74, 6) is 0.00579. The highest BCUT2D eigenvalue weighted by molar-refractivity contribution is 9.10. The lowest BCUT2D eigenvalue weighted by Crippen LogP contribution is -2.42. The van der Waals surface area contributed by atoms with Gasteiger partial charge in [-0.2, -0.15) is 0 Å². The van der Waals surface area contributed by atoms with Crippen molar-refractivity contribution in [3.63, 3.8) is 0 Å². The van der Waals surface area contributed by atoms with Crippen molar-refractivity contribution in [1.29, 1.82) is 0 Å². The molecule has 16 heavy (non-hydrogen) atoms.